The average Bonchev–Trinajstić information content (AvgIpc) is 3.39. The summed E-state index contributed by atoms with van der Waals surface area (Å²) in [6.45, 7) is 13.6. The number of rotatable bonds is 14. The van der Waals surface area contributed by atoms with Crippen LogP contribution in [-0.4, -0.2) is 74.4 Å². The number of benzene rings is 3. The van der Waals surface area contributed by atoms with Crippen molar-refractivity contribution < 1.29 is 33.6 Å². The van der Waals surface area contributed by atoms with Crippen LogP contribution in [0.5, 0.6) is 11.5 Å². The number of fused-ring (bicyclic) bond motifs is 1. The fraction of sp³-hybridized carbons (Fsp3) is 0.525. The first kappa shape index (κ1) is 36.5. The molecule has 3 aromatic carbocycles. The molecular formula is C40H54N2O7. The van der Waals surface area contributed by atoms with Crippen molar-refractivity contribution in [2.75, 3.05) is 51.9 Å². The van der Waals surface area contributed by atoms with Crippen molar-refractivity contribution in [3.63, 3.8) is 0 Å². The Kier molecular flexibility index (Phi) is 12.1. The highest BCUT2D eigenvalue weighted by molar-refractivity contribution is 5.68. The molecule has 2 N–H and O–H groups in total. The first-order valence-electron chi connectivity index (χ1n) is 17.5. The number of amides is 1. The van der Waals surface area contributed by atoms with E-state index < -0.39 is 5.60 Å². The Hall–Kier alpha value is -3.79. The molecule has 9 nitrogen and oxygen atoms in total. The standard InChI is InChI=1S/C40H54N2O7/c1-39(2,3)49-38(44)42-20-18-32(37(25-42)48-36(19-21-43)29-14-17-33-34(24-29)41-27-40(33,4)5)28-12-15-31(16-13-28)47-23-9-22-46-26-30-10-7-8-11-35(30)45-6/h7-8,10-17,24,32,36-37,41,43H,9,18-23,25-27H2,1-6H3. The molecule has 1 amide bonds. The number of aliphatic hydroxyl groups is 1. The summed E-state index contributed by atoms with van der Waals surface area (Å²) in [5, 5.41) is 13.6. The Morgan fingerprint density at radius 1 is 1.06 bits per heavy atom. The van der Waals surface area contributed by atoms with Gasteiger partial charge in [-0.2, -0.15) is 0 Å². The van der Waals surface area contributed by atoms with Gasteiger partial charge in [0.2, 0.25) is 0 Å². The summed E-state index contributed by atoms with van der Waals surface area (Å²) in [6, 6.07) is 22.5. The van der Waals surface area contributed by atoms with Gasteiger partial charge in [-0.1, -0.05) is 56.3 Å². The molecule has 2 heterocycles. The van der Waals surface area contributed by atoms with Gasteiger partial charge in [0.1, 0.15) is 17.1 Å². The number of nitrogens with one attached hydrogen (secondary N) is 1. The van der Waals surface area contributed by atoms with Gasteiger partial charge < -0.3 is 39.0 Å². The average molecular weight is 675 g/mol. The van der Waals surface area contributed by atoms with E-state index in [2.05, 4.69) is 49.5 Å². The SMILES string of the molecule is COc1ccccc1COCCCOc1ccc(C2CCN(C(=O)OC(C)(C)C)CC2OC(CCO)c2ccc3c(c2)NCC3(C)C)cc1. The van der Waals surface area contributed by atoms with Gasteiger partial charge in [0, 0.05) is 55.1 Å². The molecule has 49 heavy (non-hydrogen) atoms. The Balaban J connectivity index is 1.24. The van der Waals surface area contributed by atoms with Crippen LogP contribution in [0.15, 0.2) is 66.7 Å². The van der Waals surface area contributed by atoms with Crippen molar-refractivity contribution in [2.45, 2.75) is 89.6 Å². The number of aliphatic hydroxyl groups excluding tert-OH is 1. The Morgan fingerprint density at radius 3 is 2.57 bits per heavy atom. The van der Waals surface area contributed by atoms with Gasteiger partial charge in [-0.3, -0.25) is 0 Å². The molecule has 0 saturated carbocycles. The summed E-state index contributed by atoms with van der Waals surface area (Å²) >= 11 is 0. The Labute approximate surface area is 291 Å². The van der Waals surface area contributed by atoms with Crippen LogP contribution >= 0.6 is 0 Å². The molecule has 1 fully saturated rings. The minimum atomic E-state index is -0.591. The van der Waals surface area contributed by atoms with Gasteiger partial charge in [-0.25, -0.2) is 4.79 Å². The zero-order valence-electron chi connectivity index (χ0n) is 30.0. The van der Waals surface area contributed by atoms with E-state index in [1.807, 2.05) is 57.2 Å². The number of anilines is 1. The molecule has 3 aromatic rings. The van der Waals surface area contributed by atoms with E-state index in [1.54, 1.807) is 12.0 Å². The van der Waals surface area contributed by atoms with Gasteiger partial charge in [-0.05, 0) is 68.1 Å². The van der Waals surface area contributed by atoms with Crippen LogP contribution in [0.1, 0.15) is 88.2 Å². The largest absolute Gasteiger partial charge is 0.496 e. The monoisotopic (exact) mass is 674 g/mol. The highest BCUT2D eigenvalue weighted by atomic mass is 16.6. The minimum Gasteiger partial charge on any atom is -0.496 e. The lowest BCUT2D eigenvalue weighted by atomic mass is 9.85. The molecule has 0 radical (unpaired) electrons. The molecule has 3 unspecified atom stereocenters. The van der Waals surface area contributed by atoms with Gasteiger partial charge in [0.05, 0.1) is 45.7 Å². The highest BCUT2D eigenvalue weighted by Crippen LogP contribution is 2.40. The van der Waals surface area contributed by atoms with Crippen LogP contribution in [0, 0.1) is 0 Å². The fourth-order valence-corrected chi connectivity index (χ4v) is 6.65. The van der Waals surface area contributed by atoms with Gasteiger partial charge in [-0.15, -0.1) is 0 Å². The van der Waals surface area contributed by atoms with Crippen molar-refractivity contribution in [3.05, 3.63) is 89.0 Å². The third-order valence-electron chi connectivity index (χ3n) is 9.27. The normalized spacial score (nSPS) is 19.1. The maximum atomic E-state index is 13.2. The first-order chi connectivity index (χ1) is 23.5. The fourth-order valence-electron chi connectivity index (χ4n) is 6.65. The zero-order valence-corrected chi connectivity index (χ0v) is 30.0. The summed E-state index contributed by atoms with van der Waals surface area (Å²) in [5.41, 5.74) is 5.03. The summed E-state index contributed by atoms with van der Waals surface area (Å²) in [6.07, 6.45) is 0.963. The molecule has 0 bridgehead atoms. The van der Waals surface area contributed by atoms with Crippen LogP contribution in [0.3, 0.4) is 0 Å². The molecule has 3 atom stereocenters. The zero-order chi connectivity index (χ0) is 35.0. The summed E-state index contributed by atoms with van der Waals surface area (Å²) < 4.78 is 29.9. The topological polar surface area (TPSA) is 98.7 Å². The first-order valence-corrected chi connectivity index (χ1v) is 17.5. The summed E-state index contributed by atoms with van der Waals surface area (Å²) in [4.78, 5) is 14.9. The second-order valence-corrected chi connectivity index (χ2v) is 14.7. The van der Waals surface area contributed by atoms with Crippen LogP contribution < -0.4 is 14.8 Å². The van der Waals surface area contributed by atoms with Gasteiger partial charge in [0.25, 0.3) is 0 Å². The molecule has 9 heteroatoms. The number of carbonyl (C=O) groups is 1. The molecule has 0 aliphatic carbocycles. The van der Waals surface area contributed by atoms with Crippen molar-refractivity contribution in [2.24, 2.45) is 0 Å². The highest BCUT2D eigenvalue weighted by Gasteiger charge is 2.37. The molecule has 2 aliphatic rings. The second-order valence-electron chi connectivity index (χ2n) is 14.7. The number of nitrogens with zero attached hydrogens (tertiary/aromatic N) is 1. The van der Waals surface area contributed by atoms with Crippen LogP contribution in [0.25, 0.3) is 0 Å². The lowest BCUT2D eigenvalue weighted by molar-refractivity contribution is -0.0711. The molecule has 5 rings (SSSR count). The van der Waals surface area contributed by atoms with E-state index in [0.717, 1.165) is 53.3 Å². The van der Waals surface area contributed by atoms with Crippen molar-refractivity contribution in [3.8, 4) is 11.5 Å². The number of piperidine rings is 1. The lowest BCUT2D eigenvalue weighted by Gasteiger charge is -2.40. The lowest BCUT2D eigenvalue weighted by Crippen LogP contribution is -2.48. The number of methoxy groups -OCH3 is 1. The number of likely N-dealkylation sites (tertiary alicyclic amines) is 1. The maximum Gasteiger partial charge on any atom is 0.410 e. The van der Waals surface area contributed by atoms with E-state index in [-0.39, 0.29) is 36.2 Å². The van der Waals surface area contributed by atoms with Crippen molar-refractivity contribution in [1.82, 2.24) is 4.90 Å². The van der Waals surface area contributed by atoms with Crippen molar-refractivity contribution >= 4 is 11.8 Å². The Morgan fingerprint density at radius 2 is 1.84 bits per heavy atom. The molecule has 1 saturated heterocycles. The predicted octanol–water partition coefficient (Wildman–Crippen LogP) is 7.62. The summed E-state index contributed by atoms with van der Waals surface area (Å²) in [7, 11) is 1.67. The maximum absolute atomic E-state index is 13.2. The van der Waals surface area contributed by atoms with E-state index in [9.17, 15) is 9.90 Å². The third kappa shape index (κ3) is 9.68. The van der Waals surface area contributed by atoms with Gasteiger partial charge in [0.15, 0.2) is 0 Å². The third-order valence-corrected chi connectivity index (χ3v) is 9.27. The molecule has 0 spiro atoms. The number of hydrogen-bond acceptors (Lipinski definition) is 8. The quantitative estimate of drug-likeness (QED) is 0.169. The smallest absolute Gasteiger partial charge is 0.410 e. The summed E-state index contributed by atoms with van der Waals surface area (Å²) in [5.74, 6) is 1.67. The molecule has 0 aromatic heterocycles. The van der Waals surface area contributed by atoms with Crippen LogP contribution in [0.4, 0.5) is 10.5 Å². The second kappa shape index (κ2) is 16.3. The van der Waals surface area contributed by atoms with E-state index in [1.165, 1.54) is 5.56 Å². The van der Waals surface area contributed by atoms with Gasteiger partial charge >= 0.3 is 6.09 Å². The number of para-hydroxylation sites is 1. The van der Waals surface area contributed by atoms with Crippen LogP contribution in [-0.2, 0) is 26.2 Å². The molecular weight excluding hydrogens is 620 g/mol. The Bertz CT molecular complexity index is 1520. The van der Waals surface area contributed by atoms with E-state index in [0.29, 0.717) is 39.3 Å². The number of ether oxygens (including phenoxy) is 5. The molecule has 266 valence electrons. The van der Waals surface area contributed by atoms with E-state index in [4.69, 9.17) is 23.7 Å². The minimum absolute atomic E-state index is 0.00857. The number of hydrogen-bond donors (Lipinski definition) is 2. The molecule has 2 aliphatic heterocycles. The van der Waals surface area contributed by atoms with Crippen molar-refractivity contribution in [1.29, 1.82) is 0 Å². The predicted molar refractivity (Wildman–Crippen MR) is 192 cm³/mol. The van der Waals surface area contributed by atoms with Crippen LogP contribution in [0.2, 0.25) is 0 Å². The number of carbonyl (C=O) groups excluding carboxylic acids is 1. The van der Waals surface area contributed by atoms with E-state index >= 15 is 0 Å².